The Kier molecular flexibility index (Phi) is 3.84. The zero-order valence-corrected chi connectivity index (χ0v) is 9.07. The van der Waals surface area contributed by atoms with Crippen molar-refractivity contribution in [2.45, 2.75) is 4.34 Å². The molecule has 0 fully saturated rings. The van der Waals surface area contributed by atoms with E-state index in [-0.39, 0.29) is 5.13 Å². The number of hydrogen-bond donors (Lipinski definition) is 1. The molecular formula is C6H7N3O3S2. The lowest BCUT2D eigenvalue weighted by Crippen LogP contribution is -2.23. The summed E-state index contributed by atoms with van der Waals surface area (Å²) in [5.74, 6) is -1.80. The van der Waals surface area contributed by atoms with Gasteiger partial charge in [0.25, 0.3) is 0 Å². The first-order chi connectivity index (χ1) is 6.67. The highest BCUT2D eigenvalue weighted by Gasteiger charge is 2.15. The summed E-state index contributed by atoms with van der Waals surface area (Å²) in [5.41, 5.74) is 0. The van der Waals surface area contributed by atoms with Crippen LogP contribution >= 0.6 is 23.1 Å². The molecule has 1 rings (SSSR count). The molecule has 76 valence electrons. The number of ether oxygens (including phenoxy) is 1. The van der Waals surface area contributed by atoms with Gasteiger partial charge in [0.15, 0.2) is 4.34 Å². The number of amides is 1. The molecule has 1 heterocycles. The Morgan fingerprint density at radius 2 is 2.21 bits per heavy atom. The standard InChI is InChI=1S/C6H7N3O3S2/c1-12-4(11)3(10)7-5-8-9-6(13-2)14-5/h1-2H3,(H,7,8,10). The van der Waals surface area contributed by atoms with Crippen LogP contribution in [0.2, 0.25) is 0 Å². The summed E-state index contributed by atoms with van der Waals surface area (Å²) in [6, 6.07) is 0. The van der Waals surface area contributed by atoms with Crippen molar-refractivity contribution in [3.63, 3.8) is 0 Å². The largest absolute Gasteiger partial charge is 0.462 e. The van der Waals surface area contributed by atoms with E-state index in [1.54, 1.807) is 0 Å². The van der Waals surface area contributed by atoms with Gasteiger partial charge in [-0.15, -0.1) is 10.2 Å². The Balaban J connectivity index is 2.60. The van der Waals surface area contributed by atoms with Crippen LogP contribution < -0.4 is 5.32 Å². The SMILES string of the molecule is COC(=O)C(=O)Nc1nnc(SC)s1. The second-order valence-corrected chi connectivity index (χ2v) is 4.05. The minimum absolute atomic E-state index is 0.282. The van der Waals surface area contributed by atoms with Crippen LogP contribution in [-0.4, -0.2) is 35.4 Å². The highest BCUT2D eigenvalue weighted by atomic mass is 32.2. The summed E-state index contributed by atoms with van der Waals surface area (Å²) < 4.78 is 4.93. The van der Waals surface area contributed by atoms with E-state index in [4.69, 9.17) is 0 Å². The fraction of sp³-hybridized carbons (Fsp3) is 0.333. The third-order valence-corrected chi connectivity index (χ3v) is 2.99. The summed E-state index contributed by atoms with van der Waals surface area (Å²) in [6.07, 6.45) is 1.84. The first-order valence-corrected chi connectivity index (χ1v) is 5.48. The number of anilines is 1. The summed E-state index contributed by atoms with van der Waals surface area (Å²) in [4.78, 5) is 21.7. The number of esters is 1. The number of aromatic nitrogens is 2. The van der Waals surface area contributed by atoms with Crippen molar-refractivity contribution in [1.82, 2.24) is 10.2 Å². The Hall–Kier alpha value is -1.15. The van der Waals surface area contributed by atoms with Crippen molar-refractivity contribution in [2.24, 2.45) is 0 Å². The van der Waals surface area contributed by atoms with Crippen molar-refractivity contribution >= 4 is 40.1 Å². The molecule has 0 aliphatic rings. The Morgan fingerprint density at radius 3 is 2.71 bits per heavy atom. The van der Waals surface area contributed by atoms with Crippen molar-refractivity contribution in [3.05, 3.63) is 0 Å². The average molecular weight is 233 g/mol. The predicted molar refractivity (Wildman–Crippen MR) is 52.3 cm³/mol. The molecule has 0 saturated carbocycles. The maximum absolute atomic E-state index is 11.0. The zero-order valence-electron chi connectivity index (χ0n) is 7.44. The van der Waals surface area contributed by atoms with Gasteiger partial charge in [-0.2, -0.15) is 0 Å². The van der Waals surface area contributed by atoms with Gasteiger partial charge in [0.05, 0.1) is 7.11 Å². The van der Waals surface area contributed by atoms with E-state index < -0.39 is 11.9 Å². The number of nitrogens with one attached hydrogen (secondary N) is 1. The molecule has 14 heavy (non-hydrogen) atoms. The van der Waals surface area contributed by atoms with E-state index in [1.807, 2.05) is 6.26 Å². The molecule has 0 aromatic carbocycles. The molecule has 1 N–H and O–H groups in total. The lowest BCUT2D eigenvalue weighted by atomic mass is 10.6. The fourth-order valence-corrected chi connectivity index (χ4v) is 1.75. The van der Waals surface area contributed by atoms with Crippen LogP contribution in [0.4, 0.5) is 5.13 Å². The molecule has 1 amide bonds. The number of methoxy groups -OCH3 is 1. The number of thioether (sulfide) groups is 1. The van der Waals surface area contributed by atoms with Gasteiger partial charge in [-0.05, 0) is 6.26 Å². The highest BCUT2D eigenvalue weighted by Crippen LogP contribution is 2.22. The monoisotopic (exact) mass is 233 g/mol. The van der Waals surface area contributed by atoms with Crippen LogP contribution in [0, 0.1) is 0 Å². The Bertz CT molecular complexity index is 352. The van der Waals surface area contributed by atoms with Crippen LogP contribution in [0.1, 0.15) is 0 Å². The van der Waals surface area contributed by atoms with Crippen molar-refractivity contribution in [3.8, 4) is 0 Å². The average Bonchev–Trinajstić information content (AvgIpc) is 2.64. The number of hydrogen-bond acceptors (Lipinski definition) is 7. The van der Waals surface area contributed by atoms with E-state index in [9.17, 15) is 9.59 Å². The number of carbonyl (C=O) groups excluding carboxylic acids is 2. The number of carbonyl (C=O) groups is 2. The molecule has 6 nitrogen and oxygen atoms in total. The zero-order chi connectivity index (χ0) is 10.6. The van der Waals surface area contributed by atoms with Gasteiger partial charge >= 0.3 is 11.9 Å². The second-order valence-electron chi connectivity index (χ2n) is 2.02. The molecule has 1 aromatic rings. The van der Waals surface area contributed by atoms with E-state index in [1.165, 1.54) is 23.1 Å². The molecule has 0 saturated heterocycles. The lowest BCUT2D eigenvalue weighted by molar-refractivity contribution is -0.150. The lowest BCUT2D eigenvalue weighted by Gasteiger charge is -1.96. The molecule has 0 atom stereocenters. The molecule has 0 aliphatic carbocycles. The molecule has 0 radical (unpaired) electrons. The molecule has 8 heteroatoms. The van der Waals surface area contributed by atoms with E-state index >= 15 is 0 Å². The van der Waals surface area contributed by atoms with Gasteiger partial charge < -0.3 is 4.74 Å². The normalized spacial score (nSPS) is 9.57. The Morgan fingerprint density at radius 1 is 1.50 bits per heavy atom. The number of rotatable bonds is 2. The molecule has 0 unspecified atom stereocenters. The molecule has 0 aliphatic heterocycles. The summed E-state index contributed by atoms with van der Waals surface area (Å²) in [5, 5.41) is 9.94. The third-order valence-electron chi connectivity index (χ3n) is 1.17. The molecular weight excluding hydrogens is 226 g/mol. The van der Waals surface area contributed by atoms with E-state index in [0.29, 0.717) is 4.34 Å². The van der Waals surface area contributed by atoms with Crippen LogP contribution in [0.25, 0.3) is 0 Å². The van der Waals surface area contributed by atoms with Gasteiger partial charge in [-0.1, -0.05) is 23.1 Å². The smallest absolute Gasteiger partial charge is 0.396 e. The van der Waals surface area contributed by atoms with Gasteiger partial charge in [-0.3, -0.25) is 10.1 Å². The van der Waals surface area contributed by atoms with Crippen molar-refractivity contribution < 1.29 is 14.3 Å². The second kappa shape index (κ2) is 4.91. The van der Waals surface area contributed by atoms with Gasteiger partial charge in [-0.25, -0.2) is 4.79 Å². The molecule has 1 aromatic heterocycles. The minimum atomic E-state index is -0.953. The Labute approximate surface area is 88.0 Å². The quantitative estimate of drug-likeness (QED) is 0.344. The van der Waals surface area contributed by atoms with Crippen LogP contribution in [0.3, 0.4) is 0 Å². The summed E-state index contributed by atoms with van der Waals surface area (Å²) >= 11 is 2.60. The van der Waals surface area contributed by atoms with Gasteiger partial charge in [0, 0.05) is 0 Å². The molecule has 0 spiro atoms. The summed E-state index contributed by atoms with van der Waals surface area (Å²) in [7, 11) is 1.13. The first kappa shape index (κ1) is 10.9. The third kappa shape index (κ3) is 2.67. The maximum Gasteiger partial charge on any atom is 0.396 e. The first-order valence-electron chi connectivity index (χ1n) is 3.44. The van der Waals surface area contributed by atoms with Gasteiger partial charge in [0.2, 0.25) is 5.13 Å². The van der Waals surface area contributed by atoms with Crippen LogP contribution in [0.5, 0.6) is 0 Å². The minimum Gasteiger partial charge on any atom is -0.462 e. The molecule has 0 bridgehead atoms. The van der Waals surface area contributed by atoms with Crippen molar-refractivity contribution in [2.75, 3.05) is 18.7 Å². The number of nitrogens with zero attached hydrogens (tertiary/aromatic N) is 2. The van der Waals surface area contributed by atoms with E-state index in [0.717, 1.165) is 7.11 Å². The summed E-state index contributed by atoms with van der Waals surface area (Å²) in [6.45, 7) is 0. The fourth-order valence-electron chi connectivity index (χ4n) is 0.584. The maximum atomic E-state index is 11.0. The van der Waals surface area contributed by atoms with Gasteiger partial charge in [0.1, 0.15) is 0 Å². The van der Waals surface area contributed by atoms with Crippen LogP contribution in [-0.2, 0) is 14.3 Å². The predicted octanol–water partition coefficient (Wildman–Crippen LogP) is 0.371. The van der Waals surface area contributed by atoms with E-state index in [2.05, 4.69) is 20.3 Å². The van der Waals surface area contributed by atoms with Crippen LogP contribution in [0.15, 0.2) is 4.34 Å². The van der Waals surface area contributed by atoms with Crippen molar-refractivity contribution in [1.29, 1.82) is 0 Å². The highest BCUT2D eigenvalue weighted by molar-refractivity contribution is 8.00. The topological polar surface area (TPSA) is 81.2 Å².